The van der Waals surface area contributed by atoms with Crippen molar-refractivity contribution in [2.45, 2.75) is 13.8 Å². The molecule has 0 bridgehead atoms. The highest BCUT2D eigenvalue weighted by Gasteiger charge is 2.23. The van der Waals surface area contributed by atoms with Crippen molar-refractivity contribution in [1.82, 2.24) is 0 Å². The molecule has 3 rings (SSSR count). The minimum Gasteiger partial charge on any atom is -0.462 e. The first-order chi connectivity index (χ1) is 13.0. The lowest BCUT2D eigenvalue weighted by Gasteiger charge is -2.08. The number of rotatable bonds is 4. The third-order valence-corrected chi connectivity index (χ3v) is 5.94. The zero-order chi connectivity index (χ0) is 19.6. The van der Waals surface area contributed by atoms with Gasteiger partial charge in [-0.3, -0.25) is 4.79 Å². The molecule has 0 saturated carbocycles. The first-order valence-electron chi connectivity index (χ1n) is 8.17. The maximum Gasteiger partial charge on any atom is 0.348 e. The molecule has 1 N–H and O–H groups in total. The first kappa shape index (κ1) is 19.1. The maximum atomic E-state index is 12.9. The Labute approximate surface area is 168 Å². The van der Waals surface area contributed by atoms with Gasteiger partial charge in [-0.15, -0.1) is 11.3 Å². The van der Waals surface area contributed by atoms with Gasteiger partial charge in [0.15, 0.2) is 0 Å². The van der Waals surface area contributed by atoms with Crippen LogP contribution in [0.15, 0.2) is 40.9 Å². The van der Waals surface area contributed by atoms with Crippen molar-refractivity contribution >= 4 is 54.9 Å². The molecule has 0 aliphatic carbocycles. The zero-order valence-electron chi connectivity index (χ0n) is 14.6. The van der Waals surface area contributed by atoms with Crippen molar-refractivity contribution in [3.05, 3.63) is 62.4 Å². The molecule has 27 heavy (non-hydrogen) atoms. The Morgan fingerprint density at radius 1 is 1.22 bits per heavy atom. The fourth-order valence-corrected chi connectivity index (χ4v) is 4.31. The smallest absolute Gasteiger partial charge is 0.348 e. The van der Waals surface area contributed by atoms with Gasteiger partial charge in [-0.25, -0.2) is 4.79 Å². The molecule has 0 radical (unpaired) electrons. The number of carbonyl (C=O) groups excluding carboxylic acids is 2. The number of nitrogens with zero attached hydrogens (tertiary/aromatic N) is 1. The van der Waals surface area contributed by atoms with E-state index in [0.717, 1.165) is 26.6 Å². The number of thiophene rings is 1. The molecule has 0 unspecified atom stereocenters. The molecule has 0 aliphatic rings. The van der Waals surface area contributed by atoms with Crippen LogP contribution in [0.2, 0.25) is 0 Å². The van der Waals surface area contributed by atoms with E-state index in [1.807, 2.05) is 24.3 Å². The van der Waals surface area contributed by atoms with Crippen LogP contribution in [0.3, 0.4) is 0 Å². The number of carbonyl (C=O) groups is 2. The van der Waals surface area contributed by atoms with Crippen LogP contribution in [0.25, 0.3) is 10.8 Å². The fraction of sp³-hybridized carbons (Fsp3) is 0.150. The molecule has 0 saturated heterocycles. The summed E-state index contributed by atoms with van der Waals surface area (Å²) in [5.41, 5.74) is 1.27. The molecule has 136 valence electrons. The van der Waals surface area contributed by atoms with Gasteiger partial charge in [-0.2, -0.15) is 5.26 Å². The Kier molecular flexibility index (Phi) is 5.59. The second kappa shape index (κ2) is 7.91. The number of hydrogen-bond donors (Lipinski definition) is 1. The second-order valence-electron chi connectivity index (χ2n) is 5.69. The number of fused-ring (bicyclic) bond motifs is 1. The minimum absolute atomic E-state index is 0.241. The van der Waals surface area contributed by atoms with Gasteiger partial charge in [-0.05, 0) is 42.3 Å². The number of halogens is 1. The number of ether oxygens (including phenoxy) is 1. The van der Waals surface area contributed by atoms with Crippen LogP contribution in [-0.2, 0) is 4.74 Å². The van der Waals surface area contributed by atoms with Crippen LogP contribution in [0, 0.1) is 18.3 Å². The lowest BCUT2D eigenvalue weighted by Crippen LogP contribution is -2.12. The van der Waals surface area contributed by atoms with Crippen LogP contribution in [-0.4, -0.2) is 18.5 Å². The molecule has 0 spiro atoms. The Morgan fingerprint density at radius 2 is 1.93 bits per heavy atom. The lowest BCUT2D eigenvalue weighted by atomic mass is 10.0. The molecule has 7 heteroatoms. The molecule has 1 heterocycles. The van der Waals surface area contributed by atoms with Gasteiger partial charge in [-0.1, -0.05) is 40.2 Å². The molecule has 2 aromatic carbocycles. The average molecular weight is 443 g/mol. The monoisotopic (exact) mass is 442 g/mol. The van der Waals surface area contributed by atoms with Crippen LogP contribution in [0.4, 0.5) is 5.00 Å². The van der Waals surface area contributed by atoms with E-state index in [1.54, 1.807) is 26.0 Å². The summed E-state index contributed by atoms with van der Waals surface area (Å²) in [4.78, 5) is 25.3. The quantitative estimate of drug-likeness (QED) is 0.557. The van der Waals surface area contributed by atoms with Crippen molar-refractivity contribution < 1.29 is 14.3 Å². The molecule has 1 amide bonds. The SMILES string of the molecule is CCOC(=O)c1sc(NC(=O)c2cccc3c(Br)cccc23)c(C#N)c1C. The average Bonchev–Trinajstić information content (AvgIpc) is 2.97. The van der Waals surface area contributed by atoms with Gasteiger partial charge < -0.3 is 10.1 Å². The number of hydrogen-bond acceptors (Lipinski definition) is 5. The Balaban J connectivity index is 2.00. The van der Waals surface area contributed by atoms with E-state index in [-0.39, 0.29) is 18.1 Å². The number of nitrogens with one attached hydrogen (secondary N) is 1. The normalized spacial score (nSPS) is 10.4. The molecule has 3 aromatic rings. The van der Waals surface area contributed by atoms with E-state index >= 15 is 0 Å². The summed E-state index contributed by atoms with van der Waals surface area (Å²) < 4.78 is 5.92. The summed E-state index contributed by atoms with van der Waals surface area (Å²) in [6, 6.07) is 13.1. The topological polar surface area (TPSA) is 79.2 Å². The van der Waals surface area contributed by atoms with Crippen LogP contribution >= 0.6 is 27.3 Å². The summed E-state index contributed by atoms with van der Waals surface area (Å²) in [5, 5.41) is 14.3. The third-order valence-electron chi connectivity index (χ3n) is 4.06. The van der Waals surface area contributed by atoms with Crippen molar-refractivity contribution in [3.8, 4) is 6.07 Å². The standard InChI is InChI=1S/C20H15BrN2O3S/c1-3-26-20(25)17-11(2)15(10-22)19(27-17)23-18(24)14-8-4-7-13-12(14)6-5-9-16(13)21/h4-9H,3H2,1-2H3,(H,23,24). The van der Waals surface area contributed by atoms with Gasteiger partial charge in [0.05, 0.1) is 12.2 Å². The fourth-order valence-electron chi connectivity index (χ4n) is 2.77. The van der Waals surface area contributed by atoms with E-state index in [2.05, 4.69) is 27.3 Å². The number of benzene rings is 2. The van der Waals surface area contributed by atoms with Crippen LogP contribution in [0.1, 0.15) is 38.1 Å². The Bertz CT molecular complexity index is 1100. The summed E-state index contributed by atoms with van der Waals surface area (Å²) in [6.45, 7) is 3.63. The molecule has 0 fully saturated rings. The van der Waals surface area contributed by atoms with Crippen LogP contribution < -0.4 is 5.32 Å². The first-order valence-corrected chi connectivity index (χ1v) is 9.78. The van der Waals surface area contributed by atoms with E-state index in [9.17, 15) is 14.9 Å². The molecule has 0 atom stereocenters. The third kappa shape index (κ3) is 3.59. The molecule has 5 nitrogen and oxygen atoms in total. The molecule has 0 aliphatic heterocycles. The molecular formula is C20H15BrN2O3S. The van der Waals surface area contributed by atoms with Crippen LogP contribution in [0.5, 0.6) is 0 Å². The number of esters is 1. The minimum atomic E-state index is -0.494. The lowest BCUT2D eigenvalue weighted by molar-refractivity contribution is 0.0531. The summed E-state index contributed by atoms with van der Waals surface area (Å²) in [5.74, 6) is -0.835. The Hall–Kier alpha value is -2.69. The van der Waals surface area contributed by atoms with Gasteiger partial charge in [0.2, 0.25) is 0 Å². The van der Waals surface area contributed by atoms with Crippen molar-refractivity contribution in [2.24, 2.45) is 0 Å². The van der Waals surface area contributed by atoms with E-state index < -0.39 is 5.97 Å². The van der Waals surface area contributed by atoms with Crippen molar-refractivity contribution in [3.63, 3.8) is 0 Å². The van der Waals surface area contributed by atoms with E-state index in [1.165, 1.54) is 0 Å². The Morgan fingerprint density at radius 3 is 2.63 bits per heavy atom. The highest BCUT2D eigenvalue weighted by atomic mass is 79.9. The predicted octanol–water partition coefficient (Wildman–Crippen LogP) is 5.27. The maximum absolute atomic E-state index is 12.9. The van der Waals surface area contributed by atoms with Gasteiger partial charge in [0, 0.05) is 10.0 Å². The van der Waals surface area contributed by atoms with Gasteiger partial charge in [0.1, 0.15) is 15.9 Å². The van der Waals surface area contributed by atoms with Gasteiger partial charge >= 0.3 is 5.97 Å². The molecular weight excluding hydrogens is 428 g/mol. The molecule has 1 aromatic heterocycles. The largest absolute Gasteiger partial charge is 0.462 e. The van der Waals surface area contributed by atoms with Gasteiger partial charge in [0.25, 0.3) is 5.91 Å². The van der Waals surface area contributed by atoms with E-state index in [4.69, 9.17) is 4.74 Å². The summed E-state index contributed by atoms with van der Waals surface area (Å²) in [6.07, 6.45) is 0. The highest BCUT2D eigenvalue weighted by molar-refractivity contribution is 9.10. The van der Waals surface area contributed by atoms with Crippen molar-refractivity contribution in [1.29, 1.82) is 5.26 Å². The summed E-state index contributed by atoms with van der Waals surface area (Å²) in [7, 11) is 0. The highest BCUT2D eigenvalue weighted by Crippen LogP contribution is 2.34. The van der Waals surface area contributed by atoms with Crippen molar-refractivity contribution in [2.75, 3.05) is 11.9 Å². The number of nitriles is 1. The number of amides is 1. The zero-order valence-corrected chi connectivity index (χ0v) is 17.0. The summed E-state index contributed by atoms with van der Waals surface area (Å²) >= 11 is 4.54. The van der Waals surface area contributed by atoms with E-state index in [0.29, 0.717) is 21.0 Å². The number of anilines is 1. The second-order valence-corrected chi connectivity index (χ2v) is 7.56. The predicted molar refractivity (Wildman–Crippen MR) is 109 cm³/mol.